The zero-order valence-corrected chi connectivity index (χ0v) is 15.6. The summed E-state index contributed by atoms with van der Waals surface area (Å²) in [6.45, 7) is 0.967. The minimum Gasteiger partial charge on any atom is -0.481 e. The molecule has 0 unspecified atom stereocenters. The summed E-state index contributed by atoms with van der Waals surface area (Å²) in [7, 11) is 3.15. The van der Waals surface area contributed by atoms with Gasteiger partial charge >= 0.3 is 0 Å². The molecule has 8 nitrogen and oxygen atoms in total. The Morgan fingerprint density at radius 3 is 2.78 bits per heavy atom. The Bertz CT molecular complexity index is 851. The number of aromatic nitrogens is 3. The molecule has 27 heavy (non-hydrogen) atoms. The molecule has 1 saturated carbocycles. The van der Waals surface area contributed by atoms with Crippen LogP contribution in [0.4, 0.5) is 5.95 Å². The zero-order chi connectivity index (χ0) is 18.8. The number of hydrogen-bond acceptors (Lipinski definition) is 7. The molecule has 4 rings (SSSR count). The van der Waals surface area contributed by atoms with E-state index in [4.69, 9.17) is 9.47 Å². The van der Waals surface area contributed by atoms with Crippen molar-refractivity contribution in [1.82, 2.24) is 19.9 Å². The fourth-order valence-electron chi connectivity index (χ4n) is 3.80. The van der Waals surface area contributed by atoms with Crippen LogP contribution in [0.1, 0.15) is 47.3 Å². The molecule has 1 aliphatic heterocycles. The lowest BCUT2D eigenvalue weighted by molar-refractivity contribution is 0.0706. The average Bonchev–Trinajstić information content (AvgIpc) is 3.34. The summed E-state index contributed by atoms with van der Waals surface area (Å²) >= 11 is 0. The molecule has 0 saturated heterocycles. The van der Waals surface area contributed by atoms with Gasteiger partial charge in [0.05, 0.1) is 32.0 Å². The topological polar surface area (TPSA) is 89.5 Å². The van der Waals surface area contributed by atoms with Crippen molar-refractivity contribution in [2.75, 3.05) is 19.5 Å². The Hall–Kier alpha value is -2.90. The third kappa shape index (κ3) is 3.39. The number of ether oxygens (including phenoxy) is 2. The van der Waals surface area contributed by atoms with Gasteiger partial charge in [0.15, 0.2) is 0 Å². The molecular weight excluding hydrogens is 346 g/mol. The molecule has 0 bridgehead atoms. The molecule has 1 N–H and O–H groups in total. The van der Waals surface area contributed by atoms with Crippen molar-refractivity contribution in [2.24, 2.45) is 0 Å². The molecule has 1 amide bonds. The Morgan fingerprint density at radius 2 is 2.04 bits per heavy atom. The average molecular weight is 369 g/mol. The Labute approximate surface area is 157 Å². The van der Waals surface area contributed by atoms with Crippen molar-refractivity contribution in [1.29, 1.82) is 0 Å². The SMILES string of the molecule is COc1ccnc(NCc2cc3c(nc2OC)CN(C2CCCC2)C3=O)n1. The van der Waals surface area contributed by atoms with Gasteiger partial charge in [0.2, 0.25) is 17.7 Å². The predicted molar refractivity (Wildman–Crippen MR) is 98.8 cm³/mol. The lowest BCUT2D eigenvalue weighted by Gasteiger charge is -2.22. The first kappa shape index (κ1) is 17.5. The van der Waals surface area contributed by atoms with Gasteiger partial charge in [-0.15, -0.1) is 0 Å². The monoisotopic (exact) mass is 369 g/mol. The smallest absolute Gasteiger partial charge is 0.256 e. The van der Waals surface area contributed by atoms with Gasteiger partial charge in [-0.2, -0.15) is 4.98 Å². The summed E-state index contributed by atoms with van der Waals surface area (Å²) in [5.74, 6) is 1.51. The van der Waals surface area contributed by atoms with Gasteiger partial charge in [-0.05, 0) is 18.9 Å². The van der Waals surface area contributed by atoms with Crippen LogP contribution in [0.25, 0.3) is 0 Å². The number of amides is 1. The fourth-order valence-corrected chi connectivity index (χ4v) is 3.80. The number of rotatable bonds is 6. The van der Waals surface area contributed by atoms with Crippen LogP contribution >= 0.6 is 0 Å². The van der Waals surface area contributed by atoms with E-state index in [1.165, 1.54) is 12.8 Å². The third-order valence-electron chi connectivity index (χ3n) is 5.19. The number of fused-ring (bicyclic) bond motifs is 1. The van der Waals surface area contributed by atoms with Crippen LogP contribution < -0.4 is 14.8 Å². The minimum atomic E-state index is 0.0749. The highest BCUT2D eigenvalue weighted by Gasteiger charge is 2.35. The molecule has 142 valence electrons. The second-order valence-corrected chi connectivity index (χ2v) is 6.80. The number of anilines is 1. The quantitative estimate of drug-likeness (QED) is 0.836. The summed E-state index contributed by atoms with van der Waals surface area (Å²) in [4.78, 5) is 27.8. The maximum Gasteiger partial charge on any atom is 0.256 e. The molecule has 3 heterocycles. The molecule has 1 aliphatic carbocycles. The molecule has 8 heteroatoms. The number of nitrogens with one attached hydrogen (secondary N) is 1. The Balaban J connectivity index is 1.55. The fraction of sp³-hybridized carbons (Fsp3) is 0.474. The predicted octanol–water partition coefficient (Wildman–Crippen LogP) is 2.40. The Morgan fingerprint density at radius 1 is 1.22 bits per heavy atom. The van der Waals surface area contributed by atoms with Crippen LogP contribution in [0.2, 0.25) is 0 Å². The second-order valence-electron chi connectivity index (χ2n) is 6.80. The number of carbonyl (C=O) groups excluding carboxylic acids is 1. The first-order chi connectivity index (χ1) is 13.2. The number of hydrogen-bond donors (Lipinski definition) is 1. The third-order valence-corrected chi connectivity index (χ3v) is 5.19. The maximum atomic E-state index is 12.9. The second kappa shape index (κ2) is 7.38. The van der Waals surface area contributed by atoms with Crippen molar-refractivity contribution in [3.05, 3.63) is 35.2 Å². The van der Waals surface area contributed by atoms with E-state index in [-0.39, 0.29) is 5.91 Å². The van der Waals surface area contributed by atoms with E-state index in [1.807, 2.05) is 11.0 Å². The lowest BCUT2D eigenvalue weighted by Crippen LogP contribution is -2.33. The normalized spacial score (nSPS) is 16.5. The number of pyridine rings is 1. The van der Waals surface area contributed by atoms with E-state index >= 15 is 0 Å². The number of methoxy groups -OCH3 is 2. The summed E-state index contributed by atoms with van der Waals surface area (Å²) < 4.78 is 10.6. The van der Waals surface area contributed by atoms with E-state index in [9.17, 15) is 4.79 Å². The van der Waals surface area contributed by atoms with Crippen LogP contribution in [-0.4, -0.2) is 46.0 Å². The Kier molecular flexibility index (Phi) is 4.79. The molecular formula is C19H23N5O3. The van der Waals surface area contributed by atoms with Gasteiger partial charge in [-0.1, -0.05) is 12.8 Å². The molecule has 0 atom stereocenters. The van der Waals surface area contributed by atoms with Gasteiger partial charge in [-0.3, -0.25) is 4.79 Å². The van der Waals surface area contributed by atoms with E-state index < -0.39 is 0 Å². The zero-order valence-electron chi connectivity index (χ0n) is 15.6. The van der Waals surface area contributed by atoms with E-state index in [0.717, 1.165) is 24.1 Å². The highest BCUT2D eigenvalue weighted by atomic mass is 16.5. The number of nitrogens with zero attached hydrogens (tertiary/aromatic N) is 4. The van der Waals surface area contributed by atoms with Gasteiger partial charge in [0.1, 0.15) is 0 Å². The first-order valence-corrected chi connectivity index (χ1v) is 9.18. The van der Waals surface area contributed by atoms with Crippen LogP contribution in [0.15, 0.2) is 18.3 Å². The summed E-state index contributed by atoms with van der Waals surface area (Å²) in [6, 6.07) is 3.90. The van der Waals surface area contributed by atoms with E-state index in [0.29, 0.717) is 42.4 Å². The van der Waals surface area contributed by atoms with Gasteiger partial charge in [-0.25, -0.2) is 9.97 Å². The number of carbonyl (C=O) groups is 1. The van der Waals surface area contributed by atoms with Crippen molar-refractivity contribution >= 4 is 11.9 Å². The molecule has 2 aliphatic rings. The minimum absolute atomic E-state index is 0.0749. The van der Waals surface area contributed by atoms with E-state index in [1.54, 1.807) is 26.5 Å². The first-order valence-electron chi connectivity index (χ1n) is 9.18. The van der Waals surface area contributed by atoms with Gasteiger partial charge < -0.3 is 19.7 Å². The molecule has 0 spiro atoms. The highest BCUT2D eigenvalue weighted by Crippen LogP contribution is 2.33. The van der Waals surface area contributed by atoms with E-state index in [2.05, 4.69) is 20.3 Å². The summed E-state index contributed by atoms with van der Waals surface area (Å²) in [6.07, 6.45) is 6.17. The van der Waals surface area contributed by atoms with Crippen LogP contribution in [0, 0.1) is 0 Å². The van der Waals surface area contributed by atoms with Gasteiger partial charge in [0, 0.05) is 30.4 Å². The van der Waals surface area contributed by atoms with Gasteiger partial charge in [0.25, 0.3) is 5.91 Å². The van der Waals surface area contributed by atoms with Crippen molar-refractivity contribution < 1.29 is 14.3 Å². The van der Waals surface area contributed by atoms with Crippen molar-refractivity contribution in [3.63, 3.8) is 0 Å². The van der Waals surface area contributed by atoms with Crippen molar-refractivity contribution in [3.8, 4) is 11.8 Å². The highest BCUT2D eigenvalue weighted by molar-refractivity contribution is 5.98. The maximum absolute atomic E-state index is 12.9. The van der Waals surface area contributed by atoms with Crippen molar-refractivity contribution in [2.45, 2.75) is 44.8 Å². The van der Waals surface area contributed by atoms with Crippen LogP contribution in [-0.2, 0) is 13.1 Å². The lowest BCUT2D eigenvalue weighted by atomic mass is 10.1. The molecule has 1 fully saturated rings. The van der Waals surface area contributed by atoms with Crippen LogP contribution in [0.5, 0.6) is 11.8 Å². The summed E-state index contributed by atoms with van der Waals surface area (Å²) in [5.41, 5.74) is 2.26. The molecule has 2 aromatic heterocycles. The molecule has 0 radical (unpaired) electrons. The van der Waals surface area contributed by atoms with Crippen LogP contribution in [0.3, 0.4) is 0 Å². The summed E-state index contributed by atoms with van der Waals surface area (Å²) in [5, 5.41) is 3.14. The standard InChI is InChI=1S/C19H23N5O3/c1-26-16-7-8-20-19(23-16)21-10-12-9-14-15(22-17(12)27-2)11-24(18(14)25)13-5-3-4-6-13/h7-9,13H,3-6,10-11H2,1-2H3,(H,20,21,23). The molecule has 0 aromatic carbocycles. The largest absolute Gasteiger partial charge is 0.481 e. The molecule has 2 aromatic rings.